The van der Waals surface area contributed by atoms with Crippen LogP contribution in [-0.2, 0) is 14.6 Å². The fraction of sp³-hybridized carbons (Fsp3) is 0.588. The molecule has 3 rings (SSSR count). The van der Waals surface area contributed by atoms with E-state index in [9.17, 15) is 13.2 Å². The second kappa shape index (κ2) is 6.51. The van der Waals surface area contributed by atoms with Crippen LogP contribution in [0.2, 0.25) is 0 Å². The molecule has 0 radical (unpaired) electrons. The minimum atomic E-state index is -3.14. The summed E-state index contributed by atoms with van der Waals surface area (Å²) < 4.78 is 23.0. The highest BCUT2D eigenvalue weighted by Gasteiger charge is 2.28. The fourth-order valence-electron chi connectivity index (χ4n) is 3.18. The van der Waals surface area contributed by atoms with Crippen molar-refractivity contribution in [2.75, 3.05) is 24.2 Å². The van der Waals surface area contributed by atoms with Gasteiger partial charge in [0.2, 0.25) is 5.91 Å². The van der Waals surface area contributed by atoms with Gasteiger partial charge in [-0.3, -0.25) is 4.79 Å². The van der Waals surface area contributed by atoms with Crippen LogP contribution in [0.4, 0.5) is 5.69 Å². The van der Waals surface area contributed by atoms with E-state index >= 15 is 0 Å². The second-order valence-corrected chi connectivity index (χ2v) is 8.68. The molecule has 2 fully saturated rings. The van der Waals surface area contributed by atoms with Crippen LogP contribution >= 0.6 is 0 Å². The molecule has 0 spiro atoms. The molecule has 0 unspecified atom stereocenters. The van der Waals surface area contributed by atoms with Gasteiger partial charge in [0.1, 0.15) is 0 Å². The number of anilines is 1. The zero-order chi connectivity index (χ0) is 16.4. The Hall–Kier alpha value is -1.56. The first-order valence-electron chi connectivity index (χ1n) is 8.29. The van der Waals surface area contributed by atoms with E-state index in [0.717, 1.165) is 44.5 Å². The van der Waals surface area contributed by atoms with Crippen molar-refractivity contribution >= 4 is 21.4 Å². The fourth-order valence-corrected chi connectivity index (χ4v) is 3.81. The molecule has 1 heterocycles. The third-order valence-corrected chi connectivity index (χ3v) is 6.08. The van der Waals surface area contributed by atoms with Crippen molar-refractivity contribution in [3.63, 3.8) is 0 Å². The van der Waals surface area contributed by atoms with E-state index in [2.05, 4.69) is 10.2 Å². The van der Waals surface area contributed by atoms with E-state index in [1.54, 1.807) is 12.1 Å². The first-order valence-corrected chi connectivity index (χ1v) is 10.2. The molecule has 1 saturated carbocycles. The summed E-state index contributed by atoms with van der Waals surface area (Å²) in [7, 11) is -3.14. The highest BCUT2D eigenvalue weighted by Crippen LogP contribution is 2.27. The minimum absolute atomic E-state index is 0.229. The quantitative estimate of drug-likeness (QED) is 0.913. The van der Waals surface area contributed by atoms with Crippen molar-refractivity contribution in [1.29, 1.82) is 0 Å². The lowest BCUT2D eigenvalue weighted by Crippen LogP contribution is -2.47. The maximum atomic E-state index is 12.0. The van der Waals surface area contributed by atoms with Gasteiger partial charge in [-0.15, -0.1) is 0 Å². The van der Waals surface area contributed by atoms with E-state index in [-0.39, 0.29) is 17.9 Å². The van der Waals surface area contributed by atoms with E-state index in [1.807, 2.05) is 12.1 Å². The Kier molecular flexibility index (Phi) is 4.62. The molecule has 1 amide bonds. The van der Waals surface area contributed by atoms with Gasteiger partial charge in [-0.1, -0.05) is 6.42 Å². The van der Waals surface area contributed by atoms with Crippen molar-refractivity contribution in [3.8, 4) is 0 Å². The van der Waals surface area contributed by atoms with Gasteiger partial charge in [-0.25, -0.2) is 8.42 Å². The number of carbonyl (C=O) groups is 1. The van der Waals surface area contributed by atoms with Gasteiger partial charge in [-0.2, -0.15) is 0 Å². The number of nitrogens with one attached hydrogen (secondary N) is 1. The Bertz CT molecular complexity index is 658. The summed E-state index contributed by atoms with van der Waals surface area (Å²) in [4.78, 5) is 14.6. The Morgan fingerprint density at radius 1 is 1.09 bits per heavy atom. The first-order chi connectivity index (χ1) is 10.9. The summed E-state index contributed by atoms with van der Waals surface area (Å²) >= 11 is 0. The summed E-state index contributed by atoms with van der Waals surface area (Å²) in [6.45, 7) is 1.77. The lowest BCUT2D eigenvalue weighted by Gasteiger charge is -2.35. The van der Waals surface area contributed by atoms with Gasteiger partial charge in [0, 0.05) is 37.0 Å². The van der Waals surface area contributed by atoms with Crippen molar-refractivity contribution in [2.24, 2.45) is 5.92 Å². The van der Waals surface area contributed by atoms with Gasteiger partial charge in [0.05, 0.1) is 4.90 Å². The molecule has 6 heteroatoms. The lowest BCUT2D eigenvalue weighted by atomic mass is 9.84. The number of amides is 1. The van der Waals surface area contributed by atoms with Crippen LogP contribution in [0.25, 0.3) is 0 Å². The average molecular weight is 336 g/mol. The summed E-state index contributed by atoms with van der Waals surface area (Å²) in [5.74, 6) is 0.476. The van der Waals surface area contributed by atoms with Crippen LogP contribution in [0.15, 0.2) is 29.2 Å². The number of nitrogens with zero attached hydrogens (tertiary/aromatic N) is 1. The maximum Gasteiger partial charge on any atom is 0.223 e. The van der Waals surface area contributed by atoms with Crippen molar-refractivity contribution in [3.05, 3.63) is 24.3 Å². The molecule has 0 bridgehead atoms. The molecule has 0 aromatic heterocycles. The number of carbonyl (C=O) groups excluding carboxylic acids is 1. The number of hydrogen-bond donors (Lipinski definition) is 1. The van der Waals surface area contributed by atoms with Crippen LogP contribution in [0.3, 0.4) is 0 Å². The zero-order valence-corrected chi connectivity index (χ0v) is 14.3. The molecule has 126 valence electrons. The Balaban J connectivity index is 1.53. The van der Waals surface area contributed by atoms with Gasteiger partial charge < -0.3 is 10.2 Å². The predicted molar refractivity (Wildman–Crippen MR) is 90.3 cm³/mol. The molecule has 23 heavy (non-hydrogen) atoms. The van der Waals surface area contributed by atoms with Crippen molar-refractivity contribution in [1.82, 2.24) is 5.32 Å². The topological polar surface area (TPSA) is 66.5 Å². The lowest BCUT2D eigenvalue weighted by molar-refractivity contribution is -0.128. The number of piperidine rings is 1. The molecular weight excluding hydrogens is 312 g/mol. The smallest absolute Gasteiger partial charge is 0.223 e. The number of sulfone groups is 1. The second-order valence-electron chi connectivity index (χ2n) is 6.66. The standard InChI is InChI=1S/C17H24N2O3S/c1-23(21,22)16-7-5-15(6-8-16)19-11-9-14(10-12-19)18-17(20)13-3-2-4-13/h5-8,13-14H,2-4,9-12H2,1H3,(H,18,20). The van der Waals surface area contributed by atoms with E-state index in [4.69, 9.17) is 0 Å². The Morgan fingerprint density at radius 3 is 2.17 bits per heavy atom. The highest BCUT2D eigenvalue weighted by atomic mass is 32.2. The summed E-state index contributed by atoms with van der Waals surface area (Å²) in [6.07, 6.45) is 6.35. The minimum Gasteiger partial charge on any atom is -0.371 e. The third kappa shape index (κ3) is 3.86. The summed E-state index contributed by atoms with van der Waals surface area (Å²) in [6, 6.07) is 7.33. The zero-order valence-electron chi connectivity index (χ0n) is 13.5. The number of benzene rings is 1. The van der Waals surface area contributed by atoms with E-state index in [0.29, 0.717) is 4.90 Å². The van der Waals surface area contributed by atoms with E-state index < -0.39 is 9.84 Å². The van der Waals surface area contributed by atoms with Crippen LogP contribution in [0, 0.1) is 5.92 Å². The van der Waals surface area contributed by atoms with E-state index in [1.165, 1.54) is 12.7 Å². The van der Waals surface area contributed by atoms with Gasteiger partial charge in [0.15, 0.2) is 9.84 Å². The number of hydrogen-bond acceptors (Lipinski definition) is 4. The molecule has 2 aliphatic rings. The molecule has 1 aromatic rings. The van der Waals surface area contributed by atoms with Crippen LogP contribution in [0.5, 0.6) is 0 Å². The molecular formula is C17H24N2O3S. The van der Waals surface area contributed by atoms with Crippen molar-refractivity contribution in [2.45, 2.75) is 43.0 Å². The Labute approximate surface area is 138 Å². The maximum absolute atomic E-state index is 12.0. The summed E-state index contributed by atoms with van der Waals surface area (Å²) in [5, 5.41) is 3.18. The normalized spacial score (nSPS) is 20.1. The third-order valence-electron chi connectivity index (χ3n) is 4.95. The van der Waals surface area contributed by atoms with Gasteiger partial charge in [0.25, 0.3) is 0 Å². The summed E-state index contributed by atoms with van der Waals surface area (Å²) in [5.41, 5.74) is 1.04. The van der Waals surface area contributed by atoms with Crippen LogP contribution in [-0.4, -0.2) is 39.7 Å². The SMILES string of the molecule is CS(=O)(=O)c1ccc(N2CCC(NC(=O)C3CCC3)CC2)cc1. The number of rotatable bonds is 4. The van der Waals surface area contributed by atoms with Gasteiger partial charge in [-0.05, 0) is 49.9 Å². The molecule has 5 nitrogen and oxygen atoms in total. The average Bonchev–Trinajstić information content (AvgIpc) is 2.45. The van der Waals surface area contributed by atoms with Crippen molar-refractivity contribution < 1.29 is 13.2 Å². The largest absolute Gasteiger partial charge is 0.371 e. The predicted octanol–water partition coefficient (Wildman–Crippen LogP) is 1.98. The molecule has 0 atom stereocenters. The monoisotopic (exact) mass is 336 g/mol. The first kappa shape index (κ1) is 16.3. The molecule has 1 aromatic carbocycles. The molecule has 1 saturated heterocycles. The van der Waals surface area contributed by atoms with Gasteiger partial charge >= 0.3 is 0 Å². The van der Waals surface area contributed by atoms with Crippen LogP contribution in [0.1, 0.15) is 32.1 Å². The van der Waals surface area contributed by atoms with Crippen LogP contribution < -0.4 is 10.2 Å². The Morgan fingerprint density at radius 2 is 1.70 bits per heavy atom. The molecule has 1 N–H and O–H groups in total. The molecule has 1 aliphatic heterocycles. The molecule has 1 aliphatic carbocycles. The highest BCUT2D eigenvalue weighted by molar-refractivity contribution is 7.90.